The molecule has 0 bridgehead atoms. The maximum Gasteiger partial charge on any atom is 0.260 e. The molecule has 2 aromatic heterocycles. The first-order chi connectivity index (χ1) is 17.2. The topological polar surface area (TPSA) is 115 Å². The molecule has 0 saturated carbocycles. The van der Waals surface area contributed by atoms with Crippen molar-refractivity contribution in [1.29, 1.82) is 0 Å². The van der Waals surface area contributed by atoms with E-state index in [0.29, 0.717) is 30.9 Å². The van der Waals surface area contributed by atoms with Gasteiger partial charge < -0.3 is 5.32 Å². The molecule has 190 valence electrons. The molecule has 1 aliphatic rings. The van der Waals surface area contributed by atoms with E-state index in [2.05, 4.69) is 15.4 Å². The van der Waals surface area contributed by atoms with Crippen LogP contribution in [0.15, 0.2) is 61.2 Å². The second-order valence-electron chi connectivity index (χ2n) is 8.99. The van der Waals surface area contributed by atoms with Crippen molar-refractivity contribution in [3.05, 3.63) is 78.0 Å². The predicted molar refractivity (Wildman–Crippen MR) is 138 cm³/mol. The van der Waals surface area contributed by atoms with Gasteiger partial charge in [0.15, 0.2) is 0 Å². The van der Waals surface area contributed by atoms with Gasteiger partial charge in [0.2, 0.25) is 10.0 Å². The Morgan fingerprint density at radius 2 is 1.89 bits per heavy atom. The van der Waals surface area contributed by atoms with Crippen LogP contribution >= 0.6 is 0 Å². The van der Waals surface area contributed by atoms with Gasteiger partial charge in [-0.15, -0.1) is 0 Å². The number of hydrogen-bond donors (Lipinski definition) is 1. The van der Waals surface area contributed by atoms with Crippen molar-refractivity contribution >= 4 is 21.7 Å². The highest BCUT2D eigenvalue weighted by Gasteiger charge is 2.26. The van der Waals surface area contributed by atoms with Gasteiger partial charge in [-0.1, -0.05) is 17.7 Å². The van der Waals surface area contributed by atoms with E-state index in [1.165, 1.54) is 23.0 Å². The van der Waals surface area contributed by atoms with Gasteiger partial charge in [0.25, 0.3) is 5.91 Å². The molecular formula is C25H31N7O3S. The highest BCUT2D eigenvalue weighted by atomic mass is 32.2. The number of aromatic nitrogens is 5. The minimum absolute atomic E-state index is 0.0779. The smallest absolute Gasteiger partial charge is 0.260 e. The average Bonchev–Trinajstić information content (AvgIpc) is 3.12. The minimum Gasteiger partial charge on any atom is -0.306 e. The van der Waals surface area contributed by atoms with Gasteiger partial charge in [-0.05, 0) is 44.4 Å². The summed E-state index contributed by atoms with van der Waals surface area (Å²) in [7, 11) is -1.47. The number of aryl methyl sites for hydroxylation is 2. The summed E-state index contributed by atoms with van der Waals surface area (Å²) in [4.78, 5) is 17.3. The average molecular weight is 510 g/mol. The lowest BCUT2D eigenvalue weighted by atomic mass is 9.97. The Morgan fingerprint density at radius 1 is 1.11 bits per heavy atom. The lowest BCUT2D eigenvalue weighted by molar-refractivity contribution is 0.102. The van der Waals surface area contributed by atoms with E-state index in [4.69, 9.17) is 5.10 Å². The summed E-state index contributed by atoms with van der Waals surface area (Å²) in [5.41, 5.74) is 3.04. The molecule has 0 radical (unpaired) electrons. The molecule has 1 saturated heterocycles. The zero-order chi connectivity index (χ0) is 25.7. The molecule has 1 amide bonds. The van der Waals surface area contributed by atoms with Crippen LogP contribution in [0.3, 0.4) is 0 Å². The number of amides is 1. The number of carbonyl (C=O) groups excluding carboxylic acids is 1. The fraction of sp³-hybridized carbons (Fsp3) is 0.360. The van der Waals surface area contributed by atoms with E-state index in [1.54, 1.807) is 34.9 Å². The van der Waals surface area contributed by atoms with Crippen LogP contribution in [0.1, 0.15) is 46.8 Å². The summed E-state index contributed by atoms with van der Waals surface area (Å²) in [5.74, 6) is 0.233. The Hall–Kier alpha value is -3.57. The molecule has 10 nitrogen and oxygen atoms in total. The van der Waals surface area contributed by atoms with E-state index in [-0.39, 0.29) is 11.8 Å². The highest BCUT2D eigenvalue weighted by molar-refractivity contribution is 7.88. The number of nitrogens with zero attached hydrogens (tertiary/aromatic N) is 6. The van der Waals surface area contributed by atoms with Crippen LogP contribution in [-0.2, 0) is 17.1 Å². The van der Waals surface area contributed by atoms with Crippen LogP contribution in [0.2, 0.25) is 0 Å². The van der Waals surface area contributed by atoms with Crippen molar-refractivity contribution in [3.8, 4) is 5.69 Å². The van der Waals surface area contributed by atoms with E-state index in [0.717, 1.165) is 29.8 Å². The maximum atomic E-state index is 13.2. The molecule has 1 N–H and O–H groups in total. The third-order valence-corrected chi connectivity index (χ3v) is 7.45. The number of rotatable bonds is 5. The van der Waals surface area contributed by atoms with E-state index in [9.17, 15) is 13.2 Å². The van der Waals surface area contributed by atoms with Crippen molar-refractivity contribution in [2.24, 2.45) is 7.05 Å². The Balaban J connectivity index is 1.67. The van der Waals surface area contributed by atoms with Gasteiger partial charge in [0.1, 0.15) is 5.82 Å². The molecule has 1 aliphatic heterocycles. The standard InChI is InChI=1S/C25H31N7O3S/c1-19-7-9-22(10-8-19)32-24(28-25(33)21-17-26-12-5-13-30(2)27-18-21)16-23(29-32)20-6-4-14-31(15-11-20)36(3,34)35/h5,7-10,12-13,16-18,20H,4,6,11,14-15H2,1-3H3,(H,28,33). The normalized spacial score (nSPS) is 16.7. The maximum absolute atomic E-state index is 13.2. The quantitative estimate of drug-likeness (QED) is 0.565. The lowest BCUT2D eigenvalue weighted by Crippen LogP contribution is -2.30. The molecule has 36 heavy (non-hydrogen) atoms. The molecular weight excluding hydrogens is 478 g/mol. The zero-order valence-corrected chi connectivity index (χ0v) is 21.5. The molecule has 1 aromatic carbocycles. The third-order valence-electron chi connectivity index (χ3n) is 6.15. The minimum atomic E-state index is -3.23. The van der Waals surface area contributed by atoms with E-state index in [1.807, 2.05) is 37.3 Å². The SMILES string of the molecule is Cc1ccc(-n2nc(C3CCCN(S(C)(=O)=O)CC3)cc2NC(=O)c2cncccn(C)nc2)cc1. The van der Waals surface area contributed by atoms with Gasteiger partial charge in [-0.3, -0.25) is 14.5 Å². The molecule has 1 fully saturated rings. The fourth-order valence-electron chi connectivity index (χ4n) is 4.14. The molecule has 0 spiro atoms. The third kappa shape index (κ3) is 6.35. The Kier molecular flexibility index (Phi) is 7.80. The first-order valence-electron chi connectivity index (χ1n) is 11.8. The predicted octanol–water partition coefficient (Wildman–Crippen LogP) is 3.22. The molecule has 3 heterocycles. The van der Waals surface area contributed by atoms with Crippen molar-refractivity contribution in [1.82, 2.24) is 28.9 Å². The molecule has 4 rings (SSSR count). The Labute approximate surface area is 211 Å². The Bertz CT molecular complexity index is 1380. The fourth-order valence-corrected chi connectivity index (χ4v) is 5.03. The first-order valence-corrected chi connectivity index (χ1v) is 13.7. The number of nitrogens with one attached hydrogen (secondary N) is 1. The second kappa shape index (κ2) is 11.0. The highest BCUT2D eigenvalue weighted by Crippen LogP contribution is 2.31. The summed E-state index contributed by atoms with van der Waals surface area (Å²) >= 11 is 0. The Morgan fingerprint density at radius 3 is 2.64 bits per heavy atom. The van der Waals surface area contributed by atoms with Gasteiger partial charge in [0, 0.05) is 50.7 Å². The monoisotopic (exact) mass is 509 g/mol. The van der Waals surface area contributed by atoms with Crippen LogP contribution in [0.25, 0.3) is 5.69 Å². The largest absolute Gasteiger partial charge is 0.306 e. The van der Waals surface area contributed by atoms with Crippen molar-refractivity contribution in [2.45, 2.75) is 32.1 Å². The number of anilines is 1. The van der Waals surface area contributed by atoms with Gasteiger partial charge in [-0.2, -0.15) is 10.2 Å². The first kappa shape index (κ1) is 25.5. The molecule has 3 aromatic rings. The number of sulfonamides is 1. The van der Waals surface area contributed by atoms with E-state index < -0.39 is 10.0 Å². The second-order valence-corrected chi connectivity index (χ2v) is 11.0. The van der Waals surface area contributed by atoms with Crippen LogP contribution in [0.4, 0.5) is 5.82 Å². The van der Waals surface area contributed by atoms with Gasteiger partial charge >= 0.3 is 0 Å². The van der Waals surface area contributed by atoms with Crippen LogP contribution in [-0.4, -0.2) is 62.5 Å². The van der Waals surface area contributed by atoms with Gasteiger partial charge in [0.05, 0.1) is 29.4 Å². The number of hydrogen-bond acceptors (Lipinski definition) is 6. The molecule has 0 aliphatic carbocycles. The van der Waals surface area contributed by atoms with E-state index >= 15 is 0 Å². The van der Waals surface area contributed by atoms with Crippen molar-refractivity contribution in [2.75, 3.05) is 24.7 Å². The summed E-state index contributed by atoms with van der Waals surface area (Å²) in [6.45, 7) is 2.97. The van der Waals surface area contributed by atoms with Crippen LogP contribution in [0, 0.1) is 6.92 Å². The molecule has 11 heteroatoms. The summed E-state index contributed by atoms with van der Waals surface area (Å²) in [5, 5.41) is 12.1. The molecule has 1 unspecified atom stereocenters. The lowest BCUT2D eigenvalue weighted by Gasteiger charge is -2.16. The molecule has 1 atom stereocenters. The number of benzene rings is 1. The van der Waals surface area contributed by atoms with Crippen molar-refractivity contribution in [3.63, 3.8) is 0 Å². The van der Waals surface area contributed by atoms with Crippen LogP contribution < -0.4 is 5.32 Å². The summed E-state index contributed by atoms with van der Waals surface area (Å²) in [6, 6.07) is 11.5. The van der Waals surface area contributed by atoms with Crippen molar-refractivity contribution < 1.29 is 13.2 Å². The van der Waals surface area contributed by atoms with Gasteiger partial charge in [-0.25, -0.2) is 17.4 Å². The summed E-state index contributed by atoms with van der Waals surface area (Å²) < 4.78 is 28.9. The van der Waals surface area contributed by atoms with Crippen LogP contribution in [0.5, 0.6) is 0 Å². The number of carbonyl (C=O) groups is 1. The zero-order valence-electron chi connectivity index (χ0n) is 20.7. The summed E-state index contributed by atoms with van der Waals surface area (Å²) in [6.07, 6.45) is 9.71.